The fraction of sp³-hybridized carbons (Fsp3) is 0.167. The van der Waals surface area contributed by atoms with E-state index in [4.69, 9.17) is 15.6 Å². The molecule has 0 fully saturated rings. The lowest BCUT2D eigenvalue weighted by Crippen LogP contribution is -2.39. The Morgan fingerprint density at radius 2 is 2.00 bits per heavy atom. The van der Waals surface area contributed by atoms with Gasteiger partial charge >= 0.3 is 0 Å². The van der Waals surface area contributed by atoms with Crippen LogP contribution in [0.4, 0.5) is 0 Å². The Hall–Kier alpha value is -1.49. The number of Topliss-reactive ketones (excluding diaryl/α,β-unsaturated/α-hetero) is 1. The Morgan fingerprint density at radius 1 is 1.45 bits per heavy atom. The molecule has 0 spiro atoms. The van der Waals surface area contributed by atoms with E-state index in [0.717, 1.165) is 0 Å². The molecular formula is C6H5NO4. The van der Waals surface area contributed by atoms with Gasteiger partial charge in [0, 0.05) is 6.08 Å². The summed E-state index contributed by atoms with van der Waals surface area (Å²) in [5.41, 5.74) is -0.630. The summed E-state index contributed by atoms with van der Waals surface area (Å²) in [5, 5.41) is 24.4. The van der Waals surface area contributed by atoms with E-state index in [2.05, 4.69) is 0 Å². The summed E-state index contributed by atoms with van der Waals surface area (Å²) in [6.07, 6.45) is -1.18. The summed E-state index contributed by atoms with van der Waals surface area (Å²) >= 11 is 0. The van der Waals surface area contributed by atoms with Crippen LogP contribution in [-0.4, -0.2) is 33.6 Å². The molecule has 1 rings (SSSR count). The van der Waals surface area contributed by atoms with Crippen LogP contribution in [0.2, 0.25) is 0 Å². The number of aliphatic hydroxyl groups excluding tert-OH is 2. The van der Waals surface area contributed by atoms with Gasteiger partial charge in [0.25, 0.3) is 0 Å². The van der Waals surface area contributed by atoms with Crippen molar-refractivity contribution in [2.75, 3.05) is 0 Å². The van der Waals surface area contributed by atoms with E-state index in [0.29, 0.717) is 6.08 Å². The normalized spacial score (nSPS) is 25.4. The van der Waals surface area contributed by atoms with Crippen molar-refractivity contribution >= 4 is 17.3 Å². The third-order valence-corrected chi connectivity index (χ3v) is 1.31. The zero-order chi connectivity index (χ0) is 8.59. The smallest absolute Gasteiger partial charge is 0.237 e. The van der Waals surface area contributed by atoms with Crippen LogP contribution < -0.4 is 0 Å². The molecule has 0 aliphatic heterocycles. The minimum atomic E-state index is -1.80. The molecule has 0 aromatic carbocycles. The van der Waals surface area contributed by atoms with Gasteiger partial charge in [0.1, 0.15) is 11.5 Å². The highest BCUT2D eigenvalue weighted by Crippen LogP contribution is 2.06. The lowest BCUT2D eigenvalue weighted by atomic mass is 9.99. The van der Waals surface area contributed by atoms with E-state index < -0.39 is 29.1 Å². The maximum atomic E-state index is 10.6. The molecule has 1 aliphatic rings. The molecule has 0 amide bonds. The van der Waals surface area contributed by atoms with E-state index >= 15 is 0 Å². The molecule has 0 aromatic heterocycles. The number of carbonyl (C=O) groups is 2. The van der Waals surface area contributed by atoms with Crippen molar-refractivity contribution in [2.24, 2.45) is 0 Å². The van der Waals surface area contributed by atoms with E-state index in [1.54, 1.807) is 0 Å². The second-order valence-corrected chi connectivity index (χ2v) is 2.07. The van der Waals surface area contributed by atoms with Gasteiger partial charge in [-0.25, -0.2) is 0 Å². The maximum absolute atomic E-state index is 10.6. The lowest BCUT2D eigenvalue weighted by molar-refractivity contribution is -0.137. The van der Waals surface area contributed by atoms with Crippen molar-refractivity contribution in [3.8, 4) is 0 Å². The number of ketones is 2. The Balaban J connectivity index is 3.11. The van der Waals surface area contributed by atoms with Crippen LogP contribution in [0.3, 0.4) is 0 Å². The zero-order valence-corrected chi connectivity index (χ0v) is 5.37. The molecule has 0 aromatic rings. The topological polar surface area (TPSA) is 98.5 Å². The first-order valence-corrected chi connectivity index (χ1v) is 2.79. The van der Waals surface area contributed by atoms with Gasteiger partial charge in [-0.05, 0) is 0 Å². The van der Waals surface area contributed by atoms with Gasteiger partial charge in [-0.3, -0.25) is 15.0 Å². The average Bonchev–Trinajstić information content (AvgIpc) is 1.97. The van der Waals surface area contributed by atoms with E-state index in [-0.39, 0.29) is 0 Å². The predicted molar refractivity (Wildman–Crippen MR) is 34.5 cm³/mol. The molecule has 0 saturated carbocycles. The summed E-state index contributed by atoms with van der Waals surface area (Å²) in [6.45, 7) is 0. The molecule has 5 heteroatoms. The number of carbonyl (C=O) groups excluding carboxylic acids is 2. The highest BCUT2D eigenvalue weighted by Gasteiger charge is 2.32. The SMILES string of the molecule is N=C1C(O)=CC(=O)C(=O)C1O. The molecule has 1 unspecified atom stereocenters. The van der Waals surface area contributed by atoms with Crippen LogP contribution in [0.25, 0.3) is 0 Å². The lowest BCUT2D eigenvalue weighted by Gasteiger charge is -2.12. The fourth-order valence-corrected chi connectivity index (χ4v) is 0.679. The number of nitrogens with one attached hydrogen (secondary N) is 1. The van der Waals surface area contributed by atoms with E-state index in [1.807, 2.05) is 0 Å². The number of hydrogen-bond donors (Lipinski definition) is 3. The summed E-state index contributed by atoms with van der Waals surface area (Å²) in [7, 11) is 0. The molecule has 1 atom stereocenters. The van der Waals surface area contributed by atoms with Crippen molar-refractivity contribution < 1.29 is 19.8 Å². The Kier molecular flexibility index (Phi) is 1.58. The van der Waals surface area contributed by atoms with Gasteiger partial charge in [-0.2, -0.15) is 0 Å². The highest BCUT2D eigenvalue weighted by atomic mass is 16.3. The average molecular weight is 155 g/mol. The minimum absolute atomic E-state index is 0.622. The summed E-state index contributed by atoms with van der Waals surface area (Å²) in [5.74, 6) is -2.71. The predicted octanol–water partition coefficient (Wildman–Crippen LogP) is -1.04. The Bertz CT molecular complexity index is 278. The molecule has 5 nitrogen and oxygen atoms in total. The summed E-state index contributed by atoms with van der Waals surface area (Å²) in [6, 6.07) is 0. The second-order valence-electron chi connectivity index (χ2n) is 2.07. The van der Waals surface area contributed by atoms with E-state index in [1.165, 1.54) is 0 Å². The monoisotopic (exact) mass is 155 g/mol. The summed E-state index contributed by atoms with van der Waals surface area (Å²) < 4.78 is 0. The minimum Gasteiger partial charge on any atom is -0.506 e. The third-order valence-electron chi connectivity index (χ3n) is 1.31. The summed E-state index contributed by atoms with van der Waals surface area (Å²) in [4.78, 5) is 21.1. The van der Waals surface area contributed by atoms with Gasteiger partial charge < -0.3 is 10.2 Å². The van der Waals surface area contributed by atoms with Crippen molar-refractivity contribution in [1.29, 1.82) is 5.41 Å². The first-order valence-electron chi connectivity index (χ1n) is 2.79. The van der Waals surface area contributed by atoms with Crippen LogP contribution >= 0.6 is 0 Å². The van der Waals surface area contributed by atoms with Crippen molar-refractivity contribution in [1.82, 2.24) is 0 Å². The molecule has 1 aliphatic carbocycles. The zero-order valence-electron chi connectivity index (χ0n) is 5.37. The molecule has 58 valence electrons. The van der Waals surface area contributed by atoms with E-state index in [9.17, 15) is 9.59 Å². The fourth-order valence-electron chi connectivity index (χ4n) is 0.679. The Morgan fingerprint density at radius 3 is 2.55 bits per heavy atom. The van der Waals surface area contributed by atoms with Crippen LogP contribution in [0.5, 0.6) is 0 Å². The van der Waals surface area contributed by atoms with Crippen LogP contribution in [0.15, 0.2) is 11.8 Å². The second kappa shape index (κ2) is 2.28. The highest BCUT2D eigenvalue weighted by molar-refractivity contribution is 6.50. The molecule has 0 heterocycles. The van der Waals surface area contributed by atoms with Gasteiger partial charge in [0.2, 0.25) is 11.6 Å². The van der Waals surface area contributed by atoms with Gasteiger partial charge in [-0.15, -0.1) is 0 Å². The first kappa shape index (κ1) is 7.62. The third kappa shape index (κ3) is 1.05. The molecule has 0 radical (unpaired) electrons. The standard InChI is InChI=1S/C6H5NO4/c7-4-2(8)1-3(9)5(10)6(4)11/h1,6-8,11H. The van der Waals surface area contributed by atoms with Gasteiger partial charge in [-0.1, -0.05) is 0 Å². The molecule has 11 heavy (non-hydrogen) atoms. The van der Waals surface area contributed by atoms with Crippen LogP contribution in [0.1, 0.15) is 0 Å². The number of aliphatic hydroxyl groups is 2. The number of rotatable bonds is 0. The first-order chi connectivity index (χ1) is 5.04. The van der Waals surface area contributed by atoms with Crippen molar-refractivity contribution in [3.63, 3.8) is 0 Å². The quantitative estimate of drug-likeness (QED) is 0.389. The largest absolute Gasteiger partial charge is 0.506 e. The molecular weight excluding hydrogens is 150 g/mol. The molecule has 0 saturated heterocycles. The van der Waals surface area contributed by atoms with Crippen molar-refractivity contribution in [2.45, 2.75) is 6.10 Å². The van der Waals surface area contributed by atoms with Crippen LogP contribution in [0, 0.1) is 5.41 Å². The van der Waals surface area contributed by atoms with Crippen LogP contribution in [-0.2, 0) is 9.59 Å². The Labute approximate surface area is 61.5 Å². The van der Waals surface area contributed by atoms with Gasteiger partial charge in [0.15, 0.2) is 6.10 Å². The maximum Gasteiger partial charge on any atom is 0.237 e. The molecule has 3 N–H and O–H groups in total. The van der Waals surface area contributed by atoms with Crippen molar-refractivity contribution in [3.05, 3.63) is 11.8 Å². The number of hydrogen-bond acceptors (Lipinski definition) is 5. The molecule has 0 bridgehead atoms. The number of allylic oxidation sites excluding steroid dienone is 1. The van der Waals surface area contributed by atoms with Gasteiger partial charge in [0.05, 0.1) is 0 Å².